The summed E-state index contributed by atoms with van der Waals surface area (Å²) in [5, 5.41) is 0. The Morgan fingerprint density at radius 1 is 1.06 bits per heavy atom. The molecule has 0 aromatic rings. The molecule has 2 heterocycles. The van der Waals surface area contributed by atoms with Gasteiger partial charge in [-0.3, -0.25) is 0 Å². The van der Waals surface area contributed by atoms with Crippen molar-refractivity contribution in [2.45, 2.75) is 44.3 Å². The van der Waals surface area contributed by atoms with Gasteiger partial charge < -0.3 is 14.4 Å². The van der Waals surface area contributed by atoms with Gasteiger partial charge in [0.15, 0.2) is 5.79 Å². The van der Waals surface area contributed by atoms with Crippen molar-refractivity contribution in [1.82, 2.24) is 4.90 Å². The van der Waals surface area contributed by atoms with Crippen molar-refractivity contribution in [2.24, 2.45) is 0 Å². The van der Waals surface area contributed by atoms with Crippen molar-refractivity contribution < 1.29 is 9.47 Å². The van der Waals surface area contributed by atoms with E-state index >= 15 is 0 Å². The van der Waals surface area contributed by atoms with Crippen LogP contribution in [0.3, 0.4) is 0 Å². The standard InChI is InChI=1S/C13H21NO2/c1-2-4-12(5-3-1)14-8-6-13(7-9-14)15-10-11-16-13/h4H,1-3,5-11H2. The lowest BCUT2D eigenvalue weighted by atomic mass is 9.99. The first kappa shape index (κ1) is 10.6. The second kappa shape index (κ2) is 4.38. The van der Waals surface area contributed by atoms with Crippen molar-refractivity contribution in [3.63, 3.8) is 0 Å². The molecule has 0 saturated carbocycles. The quantitative estimate of drug-likeness (QED) is 0.680. The summed E-state index contributed by atoms with van der Waals surface area (Å²) in [4.78, 5) is 2.54. The van der Waals surface area contributed by atoms with Crippen LogP contribution in [0.15, 0.2) is 11.8 Å². The SMILES string of the molecule is C1=C(N2CCC3(CC2)OCCO3)CCCC1. The molecule has 3 heteroatoms. The second-order valence-corrected chi connectivity index (χ2v) is 5.04. The maximum Gasteiger partial charge on any atom is 0.171 e. The predicted molar refractivity (Wildman–Crippen MR) is 62.0 cm³/mol. The summed E-state index contributed by atoms with van der Waals surface area (Å²) < 4.78 is 11.5. The van der Waals surface area contributed by atoms with Gasteiger partial charge in [-0.15, -0.1) is 0 Å². The lowest BCUT2D eigenvalue weighted by molar-refractivity contribution is -0.182. The van der Waals surface area contributed by atoms with Gasteiger partial charge in [0.2, 0.25) is 0 Å². The molecular formula is C13H21NO2. The van der Waals surface area contributed by atoms with E-state index in [-0.39, 0.29) is 5.79 Å². The van der Waals surface area contributed by atoms with Crippen LogP contribution in [0.5, 0.6) is 0 Å². The molecule has 0 aromatic heterocycles. The van der Waals surface area contributed by atoms with Crippen molar-refractivity contribution in [2.75, 3.05) is 26.3 Å². The van der Waals surface area contributed by atoms with E-state index in [0.29, 0.717) is 0 Å². The van der Waals surface area contributed by atoms with Crippen LogP contribution in [0.25, 0.3) is 0 Å². The molecule has 2 aliphatic heterocycles. The Bertz CT molecular complexity index is 272. The van der Waals surface area contributed by atoms with Gasteiger partial charge in [0.25, 0.3) is 0 Å². The number of hydrogen-bond donors (Lipinski definition) is 0. The summed E-state index contributed by atoms with van der Waals surface area (Å²) in [6.45, 7) is 3.77. The van der Waals surface area contributed by atoms with Gasteiger partial charge in [-0.1, -0.05) is 6.08 Å². The van der Waals surface area contributed by atoms with E-state index in [1.807, 2.05) is 0 Å². The number of hydrogen-bond acceptors (Lipinski definition) is 3. The van der Waals surface area contributed by atoms with Crippen molar-refractivity contribution in [1.29, 1.82) is 0 Å². The highest BCUT2D eigenvalue weighted by atomic mass is 16.7. The molecule has 3 rings (SSSR count). The van der Waals surface area contributed by atoms with Crippen molar-refractivity contribution >= 4 is 0 Å². The summed E-state index contributed by atoms with van der Waals surface area (Å²) in [6, 6.07) is 0. The fourth-order valence-electron chi connectivity index (χ4n) is 3.03. The highest BCUT2D eigenvalue weighted by Gasteiger charge is 2.40. The number of rotatable bonds is 1. The minimum Gasteiger partial charge on any atom is -0.375 e. The predicted octanol–water partition coefficient (Wildman–Crippen LogP) is 2.28. The molecule has 0 bridgehead atoms. The number of ether oxygens (including phenoxy) is 2. The van der Waals surface area contributed by atoms with Crippen LogP contribution < -0.4 is 0 Å². The molecule has 3 nitrogen and oxygen atoms in total. The van der Waals surface area contributed by atoms with E-state index in [1.54, 1.807) is 5.70 Å². The van der Waals surface area contributed by atoms with E-state index in [9.17, 15) is 0 Å². The van der Waals surface area contributed by atoms with E-state index in [0.717, 1.165) is 39.1 Å². The van der Waals surface area contributed by atoms with Gasteiger partial charge in [-0.2, -0.15) is 0 Å². The molecule has 0 N–H and O–H groups in total. The zero-order valence-electron chi connectivity index (χ0n) is 9.91. The maximum atomic E-state index is 5.75. The highest BCUT2D eigenvalue weighted by Crippen LogP contribution is 2.33. The highest BCUT2D eigenvalue weighted by molar-refractivity contribution is 5.06. The first-order chi connectivity index (χ1) is 7.88. The second-order valence-electron chi connectivity index (χ2n) is 5.04. The monoisotopic (exact) mass is 223 g/mol. The van der Waals surface area contributed by atoms with Crippen molar-refractivity contribution in [3.8, 4) is 0 Å². The largest absolute Gasteiger partial charge is 0.375 e. The Balaban J connectivity index is 1.59. The lowest BCUT2D eigenvalue weighted by Gasteiger charge is -2.40. The van der Waals surface area contributed by atoms with Crippen LogP contribution in [0, 0.1) is 0 Å². The van der Waals surface area contributed by atoms with E-state index in [1.165, 1.54) is 25.7 Å². The van der Waals surface area contributed by atoms with Crippen LogP contribution in [-0.2, 0) is 9.47 Å². The van der Waals surface area contributed by atoms with Gasteiger partial charge >= 0.3 is 0 Å². The molecule has 2 saturated heterocycles. The zero-order valence-corrected chi connectivity index (χ0v) is 9.91. The average Bonchev–Trinajstić information content (AvgIpc) is 2.80. The summed E-state index contributed by atoms with van der Waals surface area (Å²) in [6.07, 6.45) is 9.76. The van der Waals surface area contributed by atoms with Gasteiger partial charge in [0, 0.05) is 31.6 Å². The summed E-state index contributed by atoms with van der Waals surface area (Å²) in [7, 11) is 0. The first-order valence-corrected chi connectivity index (χ1v) is 6.60. The van der Waals surface area contributed by atoms with E-state index in [4.69, 9.17) is 9.47 Å². The molecule has 3 aliphatic rings. The zero-order chi connectivity index (χ0) is 10.8. The third kappa shape index (κ3) is 1.98. The molecule has 16 heavy (non-hydrogen) atoms. The molecule has 0 radical (unpaired) electrons. The first-order valence-electron chi connectivity index (χ1n) is 6.60. The number of piperidine rings is 1. The van der Waals surface area contributed by atoms with Gasteiger partial charge in [0.1, 0.15) is 0 Å². The fourth-order valence-corrected chi connectivity index (χ4v) is 3.03. The smallest absolute Gasteiger partial charge is 0.171 e. The normalized spacial score (nSPS) is 29.5. The molecule has 0 aromatic carbocycles. The Morgan fingerprint density at radius 3 is 2.44 bits per heavy atom. The molecule has 2 fully saturated rings. The Labute approximate surface area is 97.4 Å². The van der Waals surface area contributed by atoms with Crippen LogP contribution in [0.1, 0.15) is 38.5 Å². The third-order valence-electron chi connectivity index (χ3n) is 4.01. The number of allylic oxidation sites excluding steroid dienone is 2. The van der Waals surface area contributed by atoms with Gasteiger partial charge in [0.05, 0.1) is 13.2 Å². The molecule has 1 spiro atoms. The number of likely N-dealkylation sites (tertiary alicyclic amines) is 1. The minimum atomic E-state index is -0.217. The van der Waals surface area contributed by atoms with E-state index < -0.39 is 0 Å². The molecule has 0 atom stereocenters. The average molecular weight is 223 g/mol. The minimum absolute atomic E-state index is 0.217. The van der Waals surface area contributed by atoms with Crippen molar-refractivity contribution in [3.05, 3.63) is 11.8 Å². The lowest BCUT2D eigenvalue weighted by Crippen LogP contribution is -2.44. The summed E-state index contributed by atoms with van der Waals surface area (Å²) >= 11 is 0. The molecule has 1 aliphatic carbocycles. The summed E-state index contributed by atoms with van der Waals surface area (Å²) in [5.74, 6) is -0.217. The maximum absolute atomic E-state index is 5.75. The fraction of sp³-hybridized carbons (Fsp3) is 0.846. The topological polar surface area (TPSA) is 21.7 Å². The van der Waals surface area contributed by atoms with Crippen LogP contribution in [0.4, 0.5) is 0 Å². The number of nitrogens with zero attached hydrogens (tertiary/aromatic N) is 1. The molecular weight excluding hydrogens is 202 g/mol. The summed E-state index contributed by atoms with van der Waals surface area (Å²) in [5.41, 5.74) is 1.57. The van der Waals surface area contributed by atoms with E-state index in [2.05, 4.69) is 11.0 Å². The molecule has 0 unspecified atom stereocenters. The Hall–Kier alpha value is -0.540. The third-order valence-corrected chi connectivity index (χ3v) is 4.01. The van der Waals surface area contributed by atoms with Crippen LogP contribution >= 0.6 is 0 Å². The van der Waals surface area contributed by atoms with Crippen LogP contribution in [0.2, 0.25) is 0 Å². The van der Waals surface area contributed by atoms with Gasteiger partial charge in [-0.05, 0) is 25.7 Å². The van der Waals surface area contributed by atoms with Crippen LogP contribution in [-0.4, -0.2) is 37.0 Å². The Kier molecular flexibility index (Phi) is 2.90. The van der Waals surface area contributed by atoms with Gasteiger partial charge in [-0.25, -0.2) is 0 Å². The molecule has 90 valence electrons. The Morgan fingerprint density at radius 2 is 1.81 bits per heavy atom. The molecule has 0 amide bonds.